The fourth-order valence-electron chi connectivity index (χ4n) is 3.12. The Hall–Kier alpha value is -2.37. The summed E-state index contributed by atoms with van der Waals surface area (Å²) in [5, 5.41) is 3.04. The number of hydrogen-bond acceptors (Lipinski definition) is 3. The number of nitrogens with one attached hydrogen (secondary N) is 1. The van der Waals surface area contributed by atoms with Gasteiger partial charge in [0.2, 0.25) is 0 Å². The Morgan fingerprint density at radius 3 is 2.42 bits per heavy atom. The van der Waals surface area contributed by atoms with Gasteiger partial charge < -0.3 is 15.0 Å². The molecule has 0 unspecified atom stereocenters. The minimum atomic E-state index is -0.0602. The SMILES string of the molecule is CN(Cc1ccccc1)C(=O)NCc1ccccc1CN1CCOCC1. The minimum Gasteiger partial charge on any atom is -0.379 e. The number of hydrogen-bond donors (Lipinski definition) is 1. The zero-order valence-electron chi connectivity index (χ0n) is 15.4. The third-order valence-electron chi connectivity index (χ3n) is 4.66. The molecular weight excluding hydrogens is 326 g/mol. The molecule has 2 aromatic rings. The first-order chi connectivity index (χ1) is 12.7. The molecule has 0 saturated carbocycles. The summed E-state index contributed by atoms with van der Waals surface area (Å²) in [6, 6.07) is 18.3. The Morgan fingerprint density at radius 2 is 1.69 bits per heavy atom. The van der Waals surface area contributed by atoms with Crippen molar-refractivity contribution in [2.75, 3.05) is 33.4 Å². The summed E-state index contributed by atoms with van der Waals surface area (Å²) in [6.45, 7) is 5.54. The maximum atomic E-state index is 12.4. The highest BCUT2D eigenvalue weighted by Crippen LogP contribution is 2.13. The summed E-state index contributed by atoms with van der Waals surface area (Å²) in [6.07, 6.45) is 0. The first-order valence-electron chi connectivity index (χ1n) is 9.12. The molecule has 1 heterocycles. The highest BCUT2D eigenvalue weighted by molar-refractivity contribution is 5.73. The van der Waals surface area contributed by atoms with Gasteiger partial charge in [-0.05, 0) is 16.7 Å². The van der Waals surface area contributed by atoms with E-state index in [-0.39, 0.29) is 6.03 Å². The van der Waals surface area contributed by atoms with Crippen molar-refractivity contribution in [1.29, 1.82) is 0 Å². The molecule has 0 spiro atoms. The zero-order chi connectivity index (χ0) is 18.2. The van der Waals surface area contributed by atoms with Gasteiger partial charge in [-0.2, -0.15) is 0 Å². The van der Waals surface area contributed by atoms with E-state index >= 15 is 0 Å². The van der Waals surface area contributed by atoms with E-state index in [0.29, 0.717) is 13.1 Å². The monoisotopic (exact) mass is 353 g/mol. The van der Waals surface area contributed by atoms with E-state index < -0.39 is 0 Å². The molecule has 0 radical (unpaired) electrons. The maximum absolute atomic E-state index is 12.4. The molecule has 5 heteroatoms. The van der Waals surface area contributed by atoms with Crippen LogP contribution in [-0.2, 0) is 24.4 Å². The van der Waals surface area contributed by atoms with Gasteiger partial charge in [-0.25, -0.2) is 4.79 Å². The van der Waals surface area contributed by atoms with Crippen LogP contribution in [0.1, 0.15) is 16.7 Å². The standard InChI is InChI=1S/C21H27N3O2/c1-23(16-18-7-3-2-4-8-18)21(25)22-15-19-9-5-6-10-20(19)17-24-11-13-26-14-12-24/h2-10H,11-17H2,1H3,(H,22,25). The van der Waals surface area contributed by atoms with Crippen molar-refractivity contribution in [2.24, 2.45) is 0 Å². The normalized spacial score (nSPS) is 14.8. The van der Waals surface area contributed by atoms with E-state index in [1.807, 2.05) is 43.4 Å². The number of carbonyl (C=O) groups excluding carboxylic acids is 1. The highest BCUT2D eigenvalue weighted by Gasteiger charge is 2.14. The molecule has 0 atom stereocenters. The van der Waals surface area contributed by atoms with Crippen LogP contribution in [0.25, 0.3) is 0 Å². The topological polar surface area (TPSA) is 44.8 Å². The summed E-state index contributed by atoms with van der Waals surface area (Å²) < 4.78 is 5.42. The summed E-state index contributed by atoms with van der Waals surface area (Å²) in [4.78, 5) is 16.5. The van der Waals surface area contributed by atoms with Crippen LogP contribution < -0.4 is 5.32 Å². The van der Waals surface area contributed by atoms with E-state index in [4.69, 9.17) is 4.74 Å². The second-order valence-corrected chi connectivity index (χ2v) is 6.66. The Labute approximate surface area is 155 Å². The van der Waals surface area contributed by atoms with Crippen molar-refractivity contribution < 1.29 is 9.53 Å². The average Bonchev–Trinajstić information content (AvgIpc) is 2.68. The number of urea groups is 1. The predicted molar refractivity (Wildman–Crippen MR) is 103 cm³/mol. The van der Waals surface area contributed by atoms with Crippen LogP contribution in [-0.4, -0.2) is 49.2 Å². The van der Waals surface area contributed by atoms with E-state index in [1.165, 1.54) is 11.1 Å². The van der Waals surface area contributed by atoms with Crippen LogP contribution in [0.15, 0.2) is 54.6 Å². The van der Waals surface area contributed by atoms with Gasteiger partial charge >= 0.3 is 6.03 Å². The largest absolute Gasteiger partial charge is 0.379 e. The van der Waals surface area contributed by atoms with Crippen LogP contribution in [0.3, 0.4) is 0 Å². The molecule has 1 N–H and O–H groups in total. The Morgan fingerprint density at radius 1 is 1.04 bits per heavy atom. The lowest BCUT2D eigenvalue weighted by atomic mass is 10.1. The number of benzene rings is 2. The van der Waals surface area contributed by atoms with E-state index in [1.54, 1.807) is 4.90 Å². The van der Waals surface area contributed by atoms with Gasteiger partial charge in [0.1, 0.15) is 0 Å². The van der Waals surface area contributed by atoms with E-state index in [0.717, 1.165) is 38.4 Å². The molecule has 138 valence electrons. The van der Waals surface area contributed by atoms with Crippen molar-refractivity contribution in [3.63, 3.8) is 0 Å². The molecule has 5 nitrogen and oxygen atoms in total. The van der Waals surface area contributed by atoms with Crippen LogP contribution in [0, 0.1) is 0 Å². The second-order valence-electron chi connectivity index (χ2n) is 6.66. The van der Waals surface area contributed by atoms with Crippen molar-refractivity contribution in [3.05, 3.63) is 71.3 Å². The van der Waals surface area contributed by atoms with Crippen LogP contribution in [0.4, 0.5) is 4.79 Å². The summed E-state index contributed by atoms with van der Waals surface area (Å²) in [7, 11) is 1.82. The molecule has 0 aliphatic carbocycles. The molecule has 3 rings (SSSR count). The van der Waals surface area contributed by atoms with Crippen LogP contribution >= 0.6 is 0 Å². The molecule has 0 aromatic heterocycles. The van der Waals surface area contributed by atoms with Crippen molar-refractivity contribution in [3.8, 4) is 0 Å². The molecule has 2 aromatic carbocycles. The lowest BCUT2D eigenvalue weighted by molar-refractivity contribution is 0.0341. The number of nitrogens with zero attached hydrogens (tertiary/aromatic N) is 2. The second kappa shape index (κ2) is 9.36. The lowest BCUT2D eigenvalue weighted by Crippen LogP contribution is -2.37. The third-order valence-corrected chi connectivity index (χ3v) is 4.66. The molecule has 1 aliphatic heterocycles. The first kappa shape index (κ1) is 18.4. The van der Waals surface area contributed by atoms with E-state index in [9.17, 15) is 4.79 Å². The lowest BCUT2D eigenvalue weighted by Gasteiger charge is -2.27. The van der Waals surface area contributed by atoms with Gasteiger partial charge in [0.15, 0.2) is 0 Å². The summed E-state index contributed by atoms with van der Waals surface area (Å²) >= 11 is 0. The van der Waals surface area contributed by atoms with Crippen LogP contribution in [0.5, 0.6) is 0 Å². The Balaban J connectivity index is 1.54. The van der Waals surface area contributed by atoms with Gasteiger partial charge in [0, 0.05) is 39.8 Å². The van der Waals surface area contributed by atoms with Gasteiger partial charge in [-0.15, -0.1) is 0 Å². The summed E-state index contributed by atoms with van der Waals surface area (Å²) in [5.74, 6) is 0. The summed E-state index contributed by atoms with van der Waals surface area (Å²) in [5.41, 5.74) is 3.55. The quantitative estimate of drug-likeness (QED) is 0.869. The Bertz CT molecular complexity index is 699. The third kappa shape index (κ3) is 5.31. The molecular formula is C21H27N3O2. The number of carbonyl (C=O) groups is 1. The van der Waals surface area contributed by atoms with Gasteiger partial charge in [-0.1, -0.05) is 54.6 Å². The van der Waals surface area contributed by atoms with Gasteiger partial charge in [0.05, 0.1) is 13.2 Å². The van der Waals surface area contributed by atoms with Crippen LogP contribution in [0.2, 0.25) is 0 Å². The van der Waals surface area contributed by atoms with Gasteiger partial charge in [0.25, 0.3) is 0 Å². The van der Waals surface area contributed by atoms with E-state index in [2.05, 4.69) is 28.4 Å². The number of ether oxygens (including phenoxy) is 1. The average molecular weight is 353 g/mol. The molecule has 26 heavy (non-hydrogen) atoms. The molecule has 2 amide bonds. The van der Waals surface area contributed by atoms with Gasteiger partial charge in [-0.3, -0.25) is 4.90 Å². The molecule has 1 fully saturated rings. The molecule has 1 saturated heterocycles. The minimum absolute atomic E-state index is 0.0602. The highest BCUT2D eigenvalue weighted by atomic mass is 16.5. The predicted octanol–water partition coefficient (Wildman–Crippen LogP) is 2.86. The fourth-order valence-corrected chi connectivity index (χ4v) is 3.12. The first-order valence-corrected chi connectivity index (χ1v) is 9.12. The number of rotatable bonds is 6. The smallest absolute Gasteiger partial charge is 0.317 e. The number of amides is 2. The number of morpholine rings is 1. The van der Waals surface area contributed by atoms with Crippen molar-refractivity contribution in [1.82, 2.24) is 15.1 Å². The zero-order valence-corrected chi connectivity index (χ0v) is 15.4. The molecule has 0 bridgehead atoms. The fraction of sp³-hybridized carbons (Fsp3) is 0.381. The Kier molecular flexibility index (Phi) is 6.63. The maximum Gasteiger partial charge on any atom is 0.317 e. The molecule has 1 aliphatic rings. The van der Waals surface area contributed by atoms with Crippen molar-refractivity contribution >= 4 is 6.03 Å². The van der Waals surface area contributed by atoms with Crippen molar-refractivity contribution in [2.45, 2.75) is 19.6 Å².